The van der Waals surface area contributed by atoms with Gasteiger partial charge in [0.25, 0.3) is 0 Å². The minimum atomic E-state index is -0.00349. The van der Waals surface area contributed by atoms with Crippen LogP contribution >= 0.6 is 11.6 Å². The Balaban J connectivity index is 1.23. The molecule has 166 valence electrons. The molecule has 2 aromatic carbocycles. The van der Waals surface area contributed by atoms with Crippen molar-refractivity contribution in [2.24, 2.45) is 0 Å². The number of carbonyl (C=O) groups excluding carboxylic acids is 1. The number of fused-ring (bicyclic) bond motifs is 1. The first-order valence-electron chi connectivity index (χ1n) is 10.7. The average molecular weight is 446 g/mol. The van der Waals surface area contributed by atoms with Gasteiger partial charge in [-0.3, -0.25) is 14.6 Å². The molecule has 0 saturated carbocycles. The molecule has 2 aliphatic heterocycles. The zero-order valence-corrected chi connectivity index (χ0v) is 18.5. The van der Waals surface area contributed by atoms with E-state index < -0.39 is 0 Å². The molecule has 0 unspecified atom stereocenters. The maximum absolute atomic E-state index is 12.4. The molecule has 1 N–H and O–H groups in total. The summed E-state index contributed by atoms with van der Waals surface area (Å²) >= 11 is 6.35. The predicted octanol–water partition coefficient (Wildman–Crippen LogP) is 3.27. The predicted molar refractivity (Wildman–Crippen MR) is 120 cm³/mol. The molecule has 1 amide bonds. The van der Waals surface area contributed by atoms with Crippen LogP contribution in [0.25, 0.3) is 0 Å². The highest BCUT2D eigenvalue weighted by molar-refractivity contribution is 6.32. The number of benzene rings is 2. The summed E-state index contributed by atoms with van der Waals surface area (Å²) in [7, 11) is 0. The van der Waals surface area contributed by atoms with E-state index in [0.29, 0.717) is 37.1 Å². The highest BCUT2D eigenvalue weighted by Gasteiger charge is 2.21. The summed E-state index contributed by atoms with van der Waals surface area (Å²) < 4.78 is 16.7. The Morgan fingerprint density at radius 1 is 1.06 bits per heavy atom. The second kappa shape index (κ2) is 10.2. The van der Waals surface area contributed by atoms with Crippen molar-refractivity contribution in [2.75, 3.05) is 57.9 Å². The van der Waals surface area contributed by atoms with E-state index in [9.17, 15) is 4.79 Å². The Morgan fingerprint density at radius 2 is 1.77 bits per heavy atom. The van der Waals surface area contributed by atoms with Gasteiger partial charge in [-0.15, -0.1) is 0 Å². The Labute approximate surface area is 187 Å². The number of nitrogens with one attached hydrogen (secondary N) is 1. The lowest BCUT2D eigenvalue weighted by atomic mass is 10.1. The molecular formula is C23H28ClN3O4. The molecule has 2 aliphatic rings. The fraction of sp³-hybridized carbons (Fsp3) is 0.435. The second-order valence-corrected chi connectivity index (χ2v) is 8.07. The highest BCUT2D eigenvalue weighted by atomic mass is 35.5. The van der Waals surface area contributed by atoms with Crippen molar-refractivity contribution in [3.05, 3.63) is 47.0 Å². The third-order valence-corrected chi connectivity index (χ3v) is 5.62. The van der Waals surface area contributed by atoms with Crippen LogP contribution in [-0.4, -0.2) is 68.3 Å². The van der Waals surface area contributed by atoms with Gasteiger partial charge in [0, 0.05) is 38.4 Å². The minimum absolute atomic E-state index is 0.00349. The van der Waals surface area contributed by atoms with Crippen molar-refractivity contribution in [1.29, 1.82) is 0 Å². The summed E-state index contributed by atoms with van der Waals surface area (Å²) in [5, 5.41) is 3.55. The smallest absolute Gasteiger partial charge is 0.238 e. The molecule has 0 radical (unpaired) electrons. The van der Waals surface area contributed by atoms with E-state index in [1.54, 1.807) is 0 Å². The molecule has 2 heterocycles. The lowest BCUT2D eigenvalue weighted by molar-refractivity contribution is -0.117. The standard InChI is InChI=1S/C23H28ClN3O4/c1-2-29-19-5-3-18(4-6-19)25-22(28)16-27-9-7-26(8-10-27)15-17-13-20(24)23-21(14-17)30-11-12-31-23/h3-6,13-14H,2,7-12,15-16H2,1H3,(H,25,28). The molecule has 2 aromatic rings. The number of halogens is 1. The topological polar surface area (TPSA) is 63.3 Å². The molecule has 1 saturated heterocycles. The molecule has 4 rings (SSSR count). The molecule has 31 heavy (non-hydrogen) atoms. The van der Waals surface area contributed by atoms with Crippen LogP contribution in [0.15, 0.2) is 36.4 Å². The molecular weight excluding hydrogens is 418 g/mol. The summed E-state index contributed by atoms with van der Waals surface area (Å²) in [6.07, 6.45) is 0. The zero-order chi connectivity index (χ0) is 21.6. The first-order valence-corrected chi connectivity index (χ1v) is 11.0. The van der Waals surface area contributed by atoms with E-state index in [1.165, 1.54) is 0 Å². The fourth-order valence-electron chi connectivity index (χ4n) is 3.82. The van der Waals surface area contributed by atoms with Gasteiger partial charge in [0.15, 0.2) is 11.5 Å². The SMILES string of the molecule is CCOc1ccc(NC(=O)CN2CCN(Cc3cc(Cl)c4c(c3)OCCO4)CC2)cc1. The second-order valence-electron chi connectivity index (χ2n) is 7.66. The number of carbonyl (C=O) groups is 1. The van der Waals surface area contributed by atoms with E-state index in [-0.39, 0.29) is 5.91 Å². The normalized spacial score (nSPS) is 16.7. The van der Waals surface area contributed by atoms with Crippen molar-refractivity contribution in [1.82, 2.24) is 9.80 Å². The van der Waals surface area contributed by atoms with Crippen molar-refractivity contribution < 1.29 is 19.0 Å². The van der Waals surface area contributed by atoms with E-state index >= 15 is 0 Å². The quantitative estimate of drug-likeness (QED) is 0.705. The van der Waals surface area contributed by atoms with Crippen LogP contribution in [0.5, 0.6) is 17.2 Å². The number of ether oxygens (including phenoxy) is 3. The maximum Gasteiger partial charge on any atom is 0.238 e. The Bertz CT molecular complexity index is 898. The van der Waals surface area contributed by atoms with Crippen LogP contribution in [0.4, 0.5) is 5.69 Å². The van der Waals surface area contributed by atoms with Gasteiger partial charge < -0.3 is 19.5 Å². The summed E-state index contributed by atoms with van der Waals surface area (Å²) in [6, 6.07) is 11.4. The minimum Gasteiger partial charge on any atom is -0.494 e. The van der Waals surface area contributed by atoms with Crippen molar-refractivity contribution >= 4 is 23.2 Å². The summed E-state index contributed by atoms with van der Waals surface area (Å²) in [6.45, 7) is 8.29. The first-order chi connectivity index (χ1) is 15.1. The highest BCUT2D eigenvalue weighted by Crippen LogP contribution is 2.38. The van der Waals surface area contributed by atoms with Crippen LogP contribution < -0.4 is 19.5 Å². The lowest BCUT2D eigenvalue weighted by Gasteiger charge is -2.34. The molecule has 0 aliphatic carbocycles. The van der Waals surface area contributed by atoms with Crippen LogP contribution in [0.3, 0.4) is 0 Å². The number of anilines is 1. The van der Waals surface area contributed by atoms with Gasteiger partial charge in [0.1, 0.15) is 19.0 Å². The lowest BCUT2D eigenvalue weighted by Crippen LogP contribution is -2.48. The molecule has 8 heteroatoms. The molecule has 1 fully saturated rings. The van der Waals surface area contributed by atoms with Gasteiger partial charge in [-0.2, -0.15) is 0 Å². The third-order valence-electron chi connectivity index (χ3n) is 5.34. The van der Waals surface area contributed by atoms with Crippen LogP contribution in [0, 0.1) is 0 Å². The summed E-state index contributed by atoms with van der Waals surface area (Å²) in [4.78, 5) is 16.9. The van der Waals surface area contributed by atoms with Gasteiger partial charge in [0.2, 0.25) is 5.91 Å². The van der Waals surface area contributed by atoms with Gasteiger partial charge in [-0.05, 0) is 48.9 Å². The Morgan fingerprint density at radius 3 is 2.52 bits per heavy atom. The number of piperazine rings is 1. The van der Waals surface area contributed by atoms with Gasteiger partial charge in [0.05, 0.1) is 18.2 Å². The van der Waals surface area contributed by atoms with Crippen molar-refractivity contribution in [2.45, 2.75) is 13.5 Å². The number of rotatable bonds is 7. The van der Waals surface area contributed by atoms with Crippen LogP contribution in [0.2, 0.25) is 5.02 Å². The van der Waals surface area contributed by atoms with E-state index in [4.69, 9.17) is 25.8 Å². The molecule has 0 atom stereocenters. The van der Waals surface area contributed by atoms with E-state index in [0.717, 1.165) is 55.5 Å². The van der Waals surface area contributed by atoms with Gasteiger partial charge in [-0.1, -0.05) is 11.6 Å². The maximum atomic E-state index is 12.4. The molecule has 0 bridgehead atoms. The number of nitrogens with zero attached hydrogens (tertiary/aromatic N) is 2. The number of hydrogen-bond donors (Lipinski definition) is 1. The van der Waals surface area contributed by atoms with Gasteiger partial charge >= 0.3 is 0 Å². The first kappa shape index (κ1) is 21.7. The summed E-state index contributed by atoms with van der Waals surface area (Å²) in [5.41, 5.74) is 1.89. The van der Waals surface area contributed by atoms with Gasteiger partial charge in [-0.25, -0.2) is 0 Å². The Hall–Kier alpha value is -2.48. The number of amides is 1. The van der Waals surface area contributed by atoms with Crippen molar-refractivity contribution in [3.8, 4) is 17.2 Å². The molecule has 0 aromatic heterocycles. The van der Waals surface area contributed by atoms with E-state index in [1.807, 2.05) is 43.3 Å². The van der Waals surface area contributed by atoms with E-state index in [2.05, 4.69) is 15.1 Å². The molecule has 0 spiro atoms. The monoisotopic (exact) mass is 445 g/mol. The summed E-state index contributed by atoms with van der Waals surface area (Å²) in [5.74, 6) is 2.16. The fourth-order valence-corrected chi connectivity index (χ4v) is 4.11. The third kappa shape index (κ3) is 5.81. The van der Waals surface area contributed by atoms with Crippen molar-refractivity contribution in [3.63, 3.8) is 0 Å². The van der Waals surface area contributed by atoms with Crippen LogP contribution in [0.1, 0.15) is 12.5 Å². The largest absolute Gasteiger partial charge is 0.494 e. The Kier molecular flexibility index (Phi) is 7.17. The average Bonchev–Trinajstić information content (AvgIpc) is 2.77. The number of hydrogen-bond acceptors (Lipinski definition) is 6. The zero-order valence-electron chi connectivity index (χ0n) is 17.7. The van der Waals surface area contributed by atoms with Crippen LogP contribution in [-0.2, 0) is 11.3 Å². The molecule has 7 nitrogen and oxygen atoms in total.